The number of methoxy groups -OCH3 is 1. The highest BCUT2D eigenvalue weighted by Gasteiger charge is 2.27. The molecule has 36 heavy (non-hydrogen) atoms. The Morgan fingerprint density at radius 1 is 1.14 bits per heavy atom. The first-order chi connectivity index (χ1) is 17.5. The standard InChI is InChI=1S/C26H29ClN6O3/c1-16-23(27)31-24(26(34)30-18-6-5-17-4-3-11-28-21(17)14-18)32-25(16)33-12-9-19(10-13-33)36-20-7-8-22(35-2)29-15-20/h3-4,7-8,11,15,18-19H,5-6,9-10,12-14H2,1-2H3,(H,30,34). The van der Waals surface area contributed by atoms with Crippen molar-refractivity contribution in [2.24, 2.45) is 0 Å². The van der Waals surface area contributed by atoms with Gasteiger partial charge in [-0.05, 0) is 37.5 Å². The summed E-state index contributed by atoms with van der Waals surface area (Å²) in [4.78, 5) is 32.8. The zero-order valence-corrected chi connectivity index (χ0v) is 21.2. The smallest absolute Gasteiger partial charge is 0.289 e. The molecule has 1 saturated heterocycles. The fourth-order valence-corrected chi connectivity index (χ4v) is 4.91. The van der Waals surface area contributed by atoms with Gasteiger partial charge in [-0.3, -0.25) is 9.78 Å². The van der Waals surface area contributed by atoms with Crippen molar-refractivity contribution < 1.29 is 14.3 Å². The molecular formula is C26H29ClN6O3. The number of anilines is 1. The number of hydrogen-bond donors (Lipinski definition) is 1. The minimum atomic E-state index is -0.312. The summed E-state index contributed by atoms with van der Waals surface area (Å²) in [5, 5.41) is 3.37. The molecule has 0 aromatic carbocycles. The third-order valence-corrected chi connectivity index (χ3v) is 7.12. The number of carbonyl (C=O) groups is 1. The van der Waals surface area contributed by atoms with E-state index in [1.54, 1.807) is 25.6 Å². The maximum absolute atomic E-state index is 13.1. The van der Waals surface area contributed by atoms with Crippen molar-refractivity contribution in [3.63, 3.8) is 0 Å². The number of nitrogens with one attached hydrogen (secondary N) is 1. The molecule has 3 aromatic rings. The van der Waals surface area contributed by atoms with Crippen molar-refractivity contribution in [3.05, 3.63) is 64.5 Å². The number of piperidine rings is 1. The maximum atomic E-state index is 13.1. The Morgan fingerprint density at radius 3 is 2.72 bits per heavy atom. The molecule has 1 atom stereocenters. The van der Waals surface area contributed by atoms with E-state index in [2.05, 4.69) is 36.2 Å². The average Bonchev–Trinajstić information content (AvgIpc) is 2.91. The summed E-state index contributed by atoms with van der Waals surface area (Å²) >= 11 is 6.44. The van der Waals surface area contributed by atoms with E-state index < -0.39 is 0 Å². The zero-order chi connectivity index (χ0) is 25.1. The van der Waals surface area contributed by atoms with Crippen LogP contribution in [0.25, 0.3) is 0 Å². The van der Waals surface area contributed by atoms with Crippen LogP contribution >= 0.6 is 11.6 Å². The number of rotatable bonds is 6. The van der Waals surface area contributed by atoms with Crippen LogP contribution in [0, 0.1) is 6.92 Å². The van der Waals surface area contributed by atoms with Crippen molar-refractivity contribution in [1.29, 1.82) is 0 Å². The minimum absolute atomic E-state index is 0.00707. The molecule has 188 valence electrons. The molecule has 0 spiro atoms. The van der Waals surface area contributed by atoms with Crippen molar-refractivity contribution >= 4 is 23.3 Å². The lowest BCUT2D eigenvalue weighted by Crippen LogP contribution is -2.41. The first kappa shape index (κ1) is 24.2. The topological polar surface area (TPSA) is 102 Å². The van der Waals surface area contributed by atoms with Crippen LogP contribution in [0.15, 0.2) is 36.7 Å². The monoisotopic (exact) mass is 508 g/mol. The maximum Gasteiger partial charge on any atom is 0.289 e. The highest BCUT2D eigenvalue weighted by molar-refractivity contribution is 6.30. The highest BCUT2D eigenvalue weighted by Crippen LogP contribution is 2.28. The van der Waals surface area contributed by atoms with E-state index in [0.29, 0.717) is 23.3 Å². The van der Waals surface area contributed by atoms with Crippen LogP contribution in [-0.2, 0) is 12.8 Å². The van der Waals surface area contributed by atoms with Gasteiger partial charge in [-0.1, -0.05) is 17.7 Å². The number of pyridine rings is 2. The quantitative estimate of drug-likeness (QED) is 0.504. The van der Waals surface area contributed by atoms with Crippen molar-refractivity contribution in [3.8, 4) is 11.6 Å². The molecule has 10 heteroatoms. The van der Waals surface area contributed by atoms with Gasteiger partial charge in [0.15, 0.2) is 0 Å². The van der Waals surface area contributed by atoms with E-state index in [0.717, 1.165) is 55.8 Å². The van der Waals surface area contributed by atoms with E-state index in [1.165, 1.54) is 5.56 Å². The molecule has 0 bridgehead atoms. The number of ether oxygens (including phenoxy) is 2. The third-order valence-electron chi connectivity index (χ3n) is 6.75. The molecule has 1 amide bonds. The summed E-state index contributed by atoms with van der Waals surface area (Å²) in [6, 6.07) is 7.68. The van der Waals surface area contributed by atoms with Gasteiger partial charge >= 0.3 is 0 Å². The van der Waals surface area contributed by atoms with Crippen LogP contribution in [-0.4, -0.2) is 58.2 Å². The van der Waals surface area contributed by atoms with Gasteiger partial charge in [0.2, 0.25) is 11.7 Å². The second kappa shape index (κ2) is 10.7. The van der Waals surface area contributed by atoms with E-state index in [4.69, 9.17) is 21.1 Å². The van der Waals surface area contributed by atoms with Gasteiger partial charge in [0, 0.05) is 61.9 Å². The number of halogens is 1. The largest absolute Gasteiger partial charge is 0.489 e. The minimum Gasteiger partial charge on any atom is -0.489 e. The Balaban J connectivity index is 1.22. The fraction of sp³-hybridized carbons (Fsp3) is 0.423. The summed E-state index contributed by atoms with van der Waals surface area (Å²) < 4.78 is 11.2. The number of nitrogens with zero attached hydrogens (tertiary/aromatic N) is 5. The molecule has 1 aliphatic heterocycles. The van der Waals surface area contributed by atoms with Crippen molar-refractivity contribution in [1.82, 2.24) is 25.3 Å². The lowest BCUT2D eigenvalue weighted by Gasteiger charge is -2.33. The summed E-state index contributed by atoms with van der Waals surface area (Å²) in [7, 11) is 1.58. The number of carbonyl (C=O) groups excluding carboxylic acids is 1. The van der Waals surface area contributed by atoms with Gasteiger partial charge in [0.05, 0.1) is 13.3 Å². The number of amides is 1. The first-order valence-corrected chi connectivity index (χ1v) is 12.6. The Bertz CT molecular complexity index is 1230. The zero-order valence-electron chi connectivity index (χ0n) is 20.4. The average molecular weight is 509 g/mol. The Hall–Kier alpha value is -3.46. The molecule has 3 aromatic heterocycles. The second-order valence-electron chi connectivity index (χ2n) is 9.15. The molecule has 0 radical (unpaired) electrons. The summed E-state index contributed by atoms with van der Waals surface area (Å²) in [5.74, 6) is 1.75. The van der Waals surface area contributed by atoms with E-state index in [1.807, 2.05) is 19.1 Å². The third kappa shape index (κ3) is 5.36. The number of hydrogen-bond acceptors (Lipinski definition) is 8. The summed E-state index contributed by atoms with van der Waals surface area (Å²) in [6.07, 6.45) is 7.59. The fourth-order valence-electron chi connectivity index (χ4n) is 4.74. The number of aryl methyl sites for hydroxylation is 1. The molecule has 1 fully saturated rings. The van der Waals surface area contributed by atoms with Gasteiger partial charge in [0.25, 0.3) is 5.91 Å². The Labute approximate surface area is 215 Å². The van der Waals surface area contributed by atoms with Crippen LogP contribution in [0.3, 0.4) is 0 Å². The Morgan fingerprint density at radius 2 is 1.97 bits per heavy atom. The van der Waals surface area contributed by atoms with Crippen LogP contribution in [0.2, 0.25) is 5.15 Å². The molecule has 1 unspecified atom stereocenters. The van der Waals surface area contributed by atoms with Crippen LogP contribution in [0.5, 0.6) is 11.6 Å². The summed E-state index contributed by atoms with van der Waals surface area (Å²) in [6.45, 7) is 3.35. The molecule has 9 nitrogen and oxygen atoms in total. The van der Waals surface area contributed by atoms with E-state index in [9.17, 15) is 4.79 Å². The molecule has 1 N–H and O–H groups in total. The Kier molecular flexibility index (Phi) is 7.18. The van der Waals surface area contributed by atoms with Gasteiger partial charge < -0.3 is 19.7 Å². The molecule has 0 saturated carbocycles. The summed E-state index contributed by atoms with van der Waals surface area (Å²) in [5.41, 5.74) is 3.05. The second-order valence-corrected chi connectivity index (χ2v) is 9.51. The van der Waals surface area contributed by atoms with Crippen LogP contribution in [0.1, 0.15) is 46.7 Å². The molecule has 4 heterocycles. The number of aromatic nitrogens is 4. The SMILES string of the molecule is COc1ccc(OC2CCN(c3nc(C(=O)NC4CCc5cccnc5C4)nc(Cl)c3C)CC2)cn1. The predicted octanol–water partition coefficient (Wildman–Crippen LogP) is 3.57. The van der Waals surface area contributed by atoms with E-state index >= 15 is 0 Å². The van der Waals surface area contributed by atoms with Crippen LogP contribution in [0.4, 0.5) is 5.82 Å². The van der Waals surface area contributed by atoms with E-state index in [-0.39, 0.29) is 23.9 Å². The van der Waals surface area contributed by atoms with Gasteiger partial charge in [-0.25, -0.2) is 15.0 Å². The van der Waals surface area contributed by atoms with Crippen LogP contribution < -0.4 is 19.7 Å². The predicted molar refractivity (Wildman–Crippen MR) is 136 cm³/mol. The lowest BCUT2D eigenvalue weighted by molar-refractivity contribution is 0.0922. The van der Waals surface area contributed by atoms with Crippen molar-refractivity contribution in [2.75, 3.05) is 25.1 Å². The van der Waals surface area contributed by atoms with Gasteiger partial charge in [-0.2, -0.15) is 0 Å². The number of fused-ring (bicyclic) bond motifs is 1. The molecule has 2 aliphatic rings. The molecular weight excluding hydrogens is 480 g/mol. The first-order valence-electron chi connectivity index (χ1n) is 12.2. The normalized spacial score (nSPS) is 17.9. The van der Waals surface area contributed by atoms with Gasteiger partial charge in [0.1, 0.15) is 22.8 Å². The molecule has 5 rings (SSSR count). The van der Waals surface area contributed by atoms with Gasteiger partial charge in [-0.15, -0.1) is 0 Å². The molecule has 1 aliphatic carbocycles. The van der Waals surface area contributed by atoms with Crippen molar-refractivity contribution in [2.45, 2.75) is 51.2 Å². The highest BCUT2D eigenvalue weighted by atomic mass is 35.5. The lowest BCUT2D eigenvalue weighted by atomic mass is 9.92.